The van der Waals surface area contributed by atoms with Crippen LogP contribution in [0.1, 0.15) is 12.8 Å². The third kappa shape index (κ3) is 3.98. The third-order valence-electron chi connectivity index (χ3n) is 3.56. The zero-order chi connectivity index (χ0) is 15.6. The van der Waals surface area contributed by atoms with Gasteiger partial charge in [0.05, 0.1) is 5.69 Å². The van der Waals surface area contributed by atoms with Gasteiger partial charge in [0.1, 0.15) is 4.90 Å². The molecule has 0 aliphatic carbocycles. The van der Waals surface area contributed by atoms with Gasteiger partial charge in [0.2, 0.25) is 10.0 Å². The summed E-state index contributed by atoms with van der Waals surface area (Å²) in [6.45, 7) is 1.87. The van der Waals surface area contributed by atoms with Crippen molar-refractivity contribution in [3.8, 4) is 0 Å². The number of sulfonamides is 1. The number of hydrogen-bond acceptors (Lipinski definition) is 4. The Bertz CT molecular complexity index is 593. The van der Waals surface area contributed by atoms with Gasteiger partial charge >= 0.3 is 0 Å². The molecule has 1 saturated heterocycles. The predicted octanol–water partition coefficient (Wildman–Crippen LogP) is 2.84. The first-order valence-corrected chi connectivity index (χ1v) is 9.63. The number of ether oxygens (including phenoxy) is 1. The molecule has 2 N–H and O–H groups in total. The Labute approximate surface area is 142 Å². The molecule has 118 valence electrons. The zero-order valence-corrected chi connectivity index (χ0v) is 15.7. The second-order valence-electron chi connectivity index (χ2n) is 5.15. The molecule has 0 aromatic heterocycles. The lowest BCUT2D eigenvalue weighted by Gasteiger charge is -2.27. The van der Waals surface area contributed by atoms with Crippen molar-refractivity contribution in [2.24, 2.45) is 5.92 Å². The number of nitrogen functional groups attached to an aromatic ring is 1. The highest BCUT2D eigenvalue weighted by atomic mass is 79.9. The van der Waals surface area contributed by atoms with E-state index in [1.54, 1.807) is 19.2 Å². The average molecular weight is 442 g/mol. The first kappa shape index (κ1) is 17.2. The molecule has 8 heteroatoms. The van der Waals surface area contributed by atoms with Crippen molar-refractivity contribution in [3.63, 3.8) is 0 Å². The summed E-state index contributed by atoms with van der Waals surface area (Å²) in [6, 6.07) is 3.28. The minimum absolute atomic E-state index is 0.125. The monoisotopic (exact) mass is 440 g/mol. The molecule has 0 amide bonds. The highest BCUT2D eigenvalue weighted by Gasteiger charge is 2.28. The molecule has 21 heavy (non-hydrogen) atoms. The predicted molar refractivity (Wildman–Crippen MR) is 89.6 cm³/mol. The van der Waals surface area contributed by atoms with Gasteiger partial charge in [-0.2, -0.15) is 0 Å². The molecule has 0 unspecified atom stereocenters. The van der Waals surface area contributed by atoms with Gasteiger partial charge in [0.15, 0.2) is 0 Å². The Hall–Kier alpha value is -0.150. The second kappa shape index (κ2) is 6.95. The highest BCUT2D eigenvalue weighted by Crippen LogP contribution is 2.33. The fourth-order valence-electron chi connectivity index (χ4n) is 2.40. The molecule has 1 heterocycles. The van der Waals surface area contributed by atoms with Crippen molar-refractivity contribution < 1.29 is 13.2 Å². The minimum atomic E-state index is -3.62. The van der Waals surface area contributed by atoms with Gasteiger partial charge in [0.25, 0.3) is 0 Å². The molecular formula is C13H18Br2N2O3S. The fraction of sp³-hybridized carbons (Fsp3) is 0.538. The molecule has 0 bridgehead atoms. The molecule has 1 aliphatic rings. The van der Waals surface area contributed by atoms with E-state index in [1.165, 1.54) is 4.31 Å². The van der Waals surface area contributed by atoms with Crippen LogP contribution >= 0.6 is 31.9 Å². The van der Waals surface area contributed by atoms with Crippen LogP contribution in [0.15, 0.2) is 26.0 Å². The van der Waals surface area contributed by atoms with E-state index in [9.17, 15) is 8.42 Å². The molecule has 1 fully saturated rings. The molecule has 1 aromatic carbocycles. The summed E-state index contributed by atoms with van der Waals surface area (Å²) in [5.41, 5.74) is 6.13. The van der Waals surface area contributed by atoms with Gasteiger partial charge in [-0.15, -0.1) is 0 Å². The Morgan fingerprint density at radius 3 is 2.52 bits per heavy atom. The number of benzene rings is 1. The average Bonchev–Trinajstić information content (AvgIpc) is 2.38. The first-order valence-electron chi connectivity index (χ1n) is 6.61. The van der Waals surface area contributed by atoms with Crippen LogP contribution < -0.4 is 5.73 Å². The summed E-state index contributed by atoms with van der Waals surface area (Å²) in [6.07, 6.45) is 1.77. The number of nitrogens with two attached hydrogens (primary N) is 1. The van der Waals surface area contributed by atoms with Crippen LogP contribution in [-0.2, 0) is 14.8 Å². The van der Waals surface area contributed by atoms with E-state index in [2.05, 4.69) is 31.9 Å². The zero-order valence-electron chi connectivity index (χ0n) is 11.7. The summed E-state index contributed by atoms with van der Waals surface area (Å²) < 4.78 is 33.3. The summed E-state index contributed by atoms with van der Waals surface area (Å²) in [4.78, 5) is 0.125. The molecule has 2 rings (SSSR count). The van der Waals surface area contributed by atoms with E-state index >= 15 is 0 Å². The van der Waals surface area contributed by atoms with Crippen LogP contribution in [0.3, 0.4) is 0 Å². The number of halogens is 2. The van der Waals surface area contributed by atoms with E-state index in [1.807, 2.05) is 0 Å². The smallest absolute Gasteiger partial charge is 0.246 e. The second-order valence-corrected chi connectivity index (χ2v) is 8.90. The normalized spacial score (nSPS) is 17.3. The molecule has 0 radical (unpaired) electrons. The van der Waals surface area contributed by atoms with Gasteiger partial charge in [-0.25, -0.2) is 12.7 Å². The van der Waals surface area contributed by atoms with Crippen molar-refractivity contribution in [1.29, 1.82) is 0 Å². The fourth-order valence-corrected chi connectivity index (χ4v) is 5.65. The van der Waals surface area contributed by atoms with Gasteiger partial charge in [-0.05, 0) is 46.8 Å². The molecule has 0 saturated carbocycles. The lowest BCUT2D eigenvalue weighted by atomic mass is 10.0. The van der Waals surface area contributed by atoms with E-state index in [0.717, 1.165) is 17.3 Å². The van der Waals surface area contributed by atoms with E-state index < -0.39 is 10.0 Å². The Kier molecular flexibility index (Phi) is 5.70. The van der Waals surface area contributed by atoms with Crippen LogP contribution in [0.25, 0.3) is 0 Å². The van der Waals surface area contributed by atoms with Crippen LogP contribution in [-0.4, -0.2) is 39.5 Å². The summed E-state index contributed by atoms with van der Waals surface area (Å²) >= 11 is 6.59. The molecule has 0 atom stereocenters. The molecule has 5 nitrogen and oxygen atoms in total. The van der Waals surface area contributed by atoms with E-state index in [4.69, 9.17) is 10.5 Å². The number of rotatable bonds is 4. The number of hydrogen-bond donors (Lipinski definition) is 1. The van der Waals surface area contributed by atoms with Crippen LogP contribution in [0.5, 0.6) is 0 Å². The van der Waals surface area contributed by atoms with Crippen LogP contribution in [0, 0.1) is 5.92 Å². The van der Waals surface area contributed by atoms with Crippen LogP contribution in [0.2, 0.25) is 0 Å². The summed E-state index contributed by atoms with van der Waals surface area (Å²) in [5, 5.41) is 0. The Morgan fingerprint density at radius 1 is 1.33 bits per heavy atom. The lowest BCUT2D eigenvalue weighted by molar-refractivity contribution is 0.0620. The van der Waals surface area contributed by atoms with Gasteiger partial charge in [-0.1, -0.05) is 15.9 Å². The van der Waals surface area contributed by atoms with Crippen LogP contribution in [0.4, 0.5) is 5.69 Å². The maximum Gasteiger partial charge on any atom is 0.246 e. The van der Waals surface area contributed by atoms with E-state index in [0.29, 0.717) is 30.1 Å². The van der Waals surface area contributed by atoms with Crippen molar-refractivity contribution in [1.82, 2.24) is 4.31 Å². The third-order valence-corrected chi connectivity index (χ3v) is 6.85. The highest BCUT2D eigenvalue weighted by molar-refractivity contribution is 9.11. The Balaban J connectivity index is 2.24. The van der Waals surface area contributed by atoms with Gasteiger partial charge in [-0.3, -0.25) is 0 Å². The van der Waals surface area contributed by atoms with Crippen molar-refractivity contribution in [2.45, 2.75) is 17.7 Å². The largest absolute Gasteiger partial charge is 0.398 e. The summed E-state index contributed by atoms with van der Waals surface area (Å²) in [7, 11) is -2.02. The standard InChI is InChI=1S/C13H18Br2N2O3S/c1-17(8-9-2-4-20-5-3-9)21(18,19)13-11(15)6-10(14)7-12(13)16/h6-7,9H,2-5,8,16H2,1H3. The van der Waals surface area contributed by atoms with E-state index in [-0.39, 0.29) is 10.6 Å². The van der Waals surface area contributed by atoms with Gasteiger partial charge in [0, 0.05) is 35.8 Å². The quantitative estimate of drug-likeness (QED) is 0.729. The molecule has 1 aromatic rings. The molecule has 0 spiro atoms. The van der Waals surface area contributed by atoms with Gasteiger partial charge < -0.3 is 10.5 Å². The maximum atomic E-state index is 12.7. The first-order chi connectivity index (χ1) is 9.82. The number of nitrogens with zero attached hydrogens (tertiary/aromatic N) is 1. The van der Waals surface area contributed by atoms with Crippen molar-refractivity contribution >= 4 is 47.6 Å². The topological polar surface area (TPSA) is 72.6 Å². The summed E-state index contributed by atoms with van der Waals surface area (Å²) in [5.74, 6) is 0.328. The van der Waals surface area contributed by atoms with Crippen molar-refractivity contribution in [2.75, 3.05) is 32.5 Å². The number of anilines is 1. The molecule has 1 aliphatic heterocycles. The Morgan fingerprint density at radius 2 is 1.95 bits per heavy atom. The minimum Gasteiger partial charge on any atom is -0.398 e. The maximum absolute atomic E-state index is 12.7. The van der Waals surface area contributed by atoms with Crippen molar-refractivity contribution in [3.05, 3.63) is 21.1 Å². The molecular weight excluding hydrogens is 424 g/mol. The SMILES string of the molecule is CN(CC1CCOCC1)S(=O)(=O)c1c(N)cc(Br)cc1Br. The lowest BCUT2D eigenvalue weighted by Crippen LogP contribution is -2.34.